The van der Waals surface area contributed by atoms with E-state index in [0.717, 1.165) is 27.6 Å². The van der Waals surface area contributed by atoms with E-state index in [0.29, 0.717) is 13.0 Å². The number of rotatable bonds is 2. The predicted molar refractivity (Wildman–Crippen MR) is 99.7 cm³/mol. The van der Waals surface area contributed by atoms with E-state index in [-0.39, 0.29) is 11.8 Å². The molecule has 1 aromatic carbocycles. The van der Waals surface area contributed by atoms with Gasteiger partial charge < -0.3 is 5.32 Å². The lowest BCUT2D eigenvalue weighted by Crippen LogP contribution is -2.21. The highest BCUT2D eigenvalue weighted by Crippen LogP contribution is 2.35. The fraction of sp³-hybridized carbons (Fsp3) is 0.211. The van der Waals surface area contributed by atoms with E-state index in [2.05, 4.69) is 40.1 Å². The number of hydrogen-bond acceptors (Lipinski definition) is 4. The molecule has 3 aromatic heterocycles. The Morgan fingerprint density at radius 3 is 2.88 bits per heavy atom. The molecule has 130 valence electrons. The number of carbonyl (C=O) groups is 1. The van der Waals surface area contributed by atoms with Crippen LogP contribution in [0.15, 0.2) is 48.9 Å². The molecule has 0 aliphatic carbocycles. The maximum Gasteiger partial charge on any atom is 0.221 e. The fourth-order valence-corrected chi connectivity index (χ4v) is 4.46. The molecule has 1 aliphatic rings. The van der Waals surface area contributed by atoms with E-state index in [1.807, 2.05) is 29.1 Å². The van der Waals surface area contributed by atoms with Gasteiger partial charge in [0.25, 0.3) is 0 Å². The molecule has 4 heterocycles. The first-order valence-electron chi connectivity index (χ1n) is 8.53. The van der Waals surface area contributed by atoms with Crippen LogP contribution in [0.25, 0.3) is 10.6 Å². The average molecular weight is 363 g/mol. The second-order valence-electron chi connectivity index (χ2n) is 6.51. The summed E-state index contributed by atoms with van der Waals surface area (Å²) in [5, 5.41) is 7.24. The van der Waals surface area contributed by atoms with Crippen molar-refractivity contribution in [1.29, 1.82) is 0 Å². The van der Waals surface area contributed by atoms with Crippen LogP contribution < -0.4 is 5.32 Å². The first kappa shape index (κ1) is 15.3. The summed E-state index contributed by atoms with van der Waals surface area (Å²) < 4.78 is 3.98. The second kappa shape index (κ2) is 5.81. The maximum absolute atomic E-state index is 12.3. The minimum Gasteiger partial charge on any atom is -0.350 e. The predicted octanol–water partition coefficient (Wildman–Crippen LogP) is 3.04. The van der Waals surface area contributed by atoms with Crippen molar-refractivity contribution in [2.24, 2.45) is 0 Å². The molecule has 26 heavy (non-hydrogen) atoms. The highest BCUT2D eigenvalue weighted by Gasteiger charge is 2.29. The summed E-state index contributed by atoms with van der Waals surface area (Å²) in [6, 6.07) is 10.2. The summed E-state index contributed by atoms with van der Waals surface area (Å²) in [7, 11) is 0. The van der Waals surface area contributed by atoms with Crippen molar-refractivity contribution in [2.75, 3.05) is 0 Å². The van der Waals surface area contributed by atoms with E-state index < -0.39 is 0 Å². The van der Waals surface area contributed by atoms with Gasteiger partial charge in [-0.2, -0.15) is 5.10 Å². The van der Waals surface area contributed by atoms with Crippen LogP contribution in [0.4, 0.5) is 0 Å². The quantitative estimate of drug-likeness (QED) is 0.595. The number of benzene rings is 1. The van der Waals surface area contributed by atoms with E-state index in [9.17, 15) is 4.79 Å². The third-order valence-corrected chi connectivity index (χ3v) is 5.69. The SMILES string of the molecule is Cc1cn2c3c(nc2s1)CNC(=O)C[C@H]3c1ccc(-n2cccn2)cc1. The Kier molecular flexibility index (Phi) is 3.43. The standard InChI is InChI=1S/C19H17N5OS/c1-12-11-23-18-15(9-17(25)20-10-16(18)22-19(23)26-12)13-3-5-14(6-4-13)24-8-2-7-21-24/h2-8,11,15H,9-10H2,1H3,(H,20,25)/t15-/m0/s1. The number of aromatic nitrogens is 4. The largest absolute Gasteiger partial charge is 0.350 e. The number of amides is 1. The smallest absolute Gasteiger partial charge is 0.221 e. The Hall–Kier alpha value is -2.93. The van der Waals surface area contributed by atoms with Crippen LogP contribution in [0.3, 0.4) is 0 Å². The van der Waals surface area contributed by atoms with Crippen LogP contribution in [0.5, 0.6) is 0 Å². The van der Waals surface area contributed by atoms with Crippen LogP contribution >= 0.6 is 11.3 Å². The lowest BCUT2D eigenvalue weighted by atomic mass is 9.91. The molecular formula is C19H17N5OS. The lowest BCUT2D eigenvalue weighted by Gasteiger charge is -2.16. The number of hydrogen-bond donors (Lipinski definition) is 1. The monoisotopic (exact) mass is 363 g/mol. The van der Waals surface area contributed by atoms with Crippen LogP contribution in [-0.2, 0) is 11.3 Å². The molecule has 0 saturated heterocycles. The van der Waals surface area contributed by atoms with Gasteiger partial charge in [0, 0.05) is 35.8 Å². The van der Waals surface area contributed by atoms with Crippen molar-refractivity contribution >= 4 is 22.2 Å². The molecule has 0 saturated carbocycles. The summed E-state index contributed by atoms with van der Waals surface area (Å²) in [6.07, 6.45) is 6.22. The van der Waals surface area contributed by atoms with E-state index in [4.69, 9.17) is 4.98 Å². The van der Waals surface area contributed by atoms with E-state index in [1.165, 1.54) is 4.88 Å². The van der Waals surface area contributed by atoms with Crippen LogP contribution in [-0.4, -0.2) is 25.1 Å². The van der Waals surface area contributed by atoms with Crippen LogP contribution in [0.2, 0.25) is 0 Å². The highest BCUT2D eigenvalue weighted by molar-refractivity contribution is 7.17. The van der Waals surface area contributed by atoms with Crippen molar-refractivity contribution in [1.82, 2.24) is 24.5 Å². The van der Waals surface area contributed by atoms with Crippen molar-refractivity contribution in [3.05, 3.63) is 70.8 Å². The van der Waals surface area contributed by atoms with Crippen LogP contribution in [0.1, 0.15) is 34.2 Å². The van der Waals surface area contributed by atoms with Gasteiger partial charge in [-0.3, -0.25) is 9.20 Å². The zero-order valence-electron chi connectivity index (χ0n) is 14.2. The summed E-state index contributed by atoms with van der Waals surface area (Å²) in [6.45, 7) is 2.57. The van der Waals surface area contributed by atoms with Crippen molar-refractivity contribution in [3.8, 4) is 5.69 Å². The molecule has 1 N–H and O–H groups in total. The summed E-state index contributed by atoms with van der Waals surface area (Å²) in [4.78, 5) is 19.2. The number of imidazole rings is 1. The van der Waals surface area contributed by atoms with Gasteiger partial charge in [-0.1, -0.05) is 12.1 Å². The number of thiazole rings is 1. The first-order chi connectivity index (χ1) is 12.7. The number of nitrogens with one attached hydrogen (secondary N) is 1. The van der Waals surface area contributed by atoms with Gasteiger partial charge in [-0.05, 0) is 30.7 Å². The number of fused-ring (bicyclic) bond motifs is 3. The van der Waals surface area contributed by atoms with Gasteiger partial charge >= 0.3 is 0 Å². The molecule has 0 radical (unpaired) electrons. The normalized spacial score (nSPS) is 17.1. The highest BCUT2D eigenvalue weighted by atomic mass is 32.1. The minimum absolute atomic E-state index is 0.0110. The molecule has 1 aliphatic heterocycles. The van der Waals surface area contributed by atoms with Gasteiger partial charge in [0.05, 0.1) is 23.6 Å². The Bertz CT molecular complexity index is 1090. The molecule has 7 heteroatoms. The Morgan fingerprint density at radius 1 is 1.27 bits per heavy atom. The average Bonchev–Trinajstić information content (AvgIpc) is 3.32. The number of carbonyl (C=O) groups excluding carboxylic acids is 1. The van der Waals surface area contributed by atoms with Gasteiger partial charge in [0.1, 0.15) is 0 Å². The minimum atomic E-state index is -0.0110. The lowest BCUT2D eigenvalue weighted by molar-refractivity contribution is -0.121. The van der Waals surface area contributed by atoms with Crippen molar-refractivity contribution in [3.63, 3.8) is 0 Å². The topological polar surface area (TPSA) is 64.2 Å². The molecular weight excluding hydrogens is 346 g/mol. The molecule has 0 spiro atoms. The molecule has 0 unspecified atom stereocenters. The van der Waals surface area contributed by atoms with E-state index in [1.54, 1.807) is 17.5 Å². The molecule has 1 amide bonds. The Morgan fingerprint density at radius 2 is 2.12 bits per heavy atom. The maximum atomic E-state index is 12.3. The summed E-state index contributed by atoms with van der Waals surface area (Å²) >= 11 is 1.68. The molecule has 0 bridgehead atoms. The molecule has 5 rings (SSSR count). The molecule has 1 atom stereocenters. The second-order valence-corrected chi connectivity index (χ2v) is 7.73. The van der Waals surface area contributed by atoms with Crippen molar-refractivity contribution < 1.29 is 4.79 Å². The third-order valence-electron chi connectivity index (χ3n) is 4.79. The van der Waals surface area contributed by atoms with Gasteiger partial charge in [0.15, 0.2) is 4.96 Å². The zero-order chi connectivity index (χ0) is 17.7. The Balaban J connectivity index is 1.62. The van der Waals surface area contributed by atoms with Gasteiger partial charge in [-0.25, -0.2) is 9.67 Å². The molecule has 0 fully saturated rings. The van der Waals surface area contributed by atoms with Crippen molar-refractivity contribution in [2.45, 2.75) is 25.8 Å². The molecule has 4 aromatic rings. The summed E-state index contributed by atoms with van der Waals surface area (Å²) in [5.74, 6) is 0.0491. The number of nitrogens with zero attached hydrogens (tertiary/aromatic N) is 4. The van der Waals surface area contributed by atoms with E-state index >= 15 is 0 Å². The molecule has 6 nitrogen and oxygen atoms in total. The zero-order valence-corrected chi connectivity index (χ0v) is 15.0. The fourth-order valence-electron chi connectivity index (χ4n) is 3.61. The Labute approximate surface area is 154 Å². The van der Waals surface area contributed by atoms with Gasteiger partial charge in [-0.15, -0.1) is 11.3 Å². The first-order valence-corrected chi connectivity index (χ1v) is 9.34. The van der Waals surface area contributed by atoms with Gasteiger partial charge in [0.2, 0.25) is 5.91 Å². The third kappa shape index (κ3) is 2.43. The number of aryl methyl sites for hydroxylation is 1. The summed E-state index contributed by atoms with van der Waals surface area (Å²) in [5.41, 5.74) is 4.20. The van der Waals surface area contributed by atoms with Crippen LogP contribution in [0, 0.1) is 6.92 Å².